The van der Waals surface area contributed by atoms with Crippen LogP contribution in [0.5, 0.6) is 0 Å². The molecule has 0 spiro atoms. The van der Waals surface area contributed by atoms with Crippen LogP contribution >= 0.6 is 0 Å². The van der Waals surface area contributed by atoms with Gasteiger partial charge >= 0.3 is 10.3 Å². The molecule has 2 aliphatic rings. The lowest BCUT2D eigenvalue weighted by Crippen LogP contribution is -2.44. The smallest absolute Gasteiger partial charge is 0.333 e. The van der Waals surface area contributed by atoms with E-state index in [2.05, 4.69) is 35.4 Å². The highest BCUT2D eigenvalue weighted by molar-refractivity contribution is 7.84. The van der Waals surface area contributed by atoms with Crippen molar-refractivity contribution < 1.29 is 21.8 Å². The third kappa shape index (κ3) is 6.10. The zero-order chi connectivity index (χ0) is 26.1. The molecule has 36 heavy (non-hydrogen) atoms. The molecule has 0 atom stereocenters. The molecular weight excluding hydrogens is 483 g/mol. The van der Waals surface area contributed by atoms with Gasteiger partial charge in [0.05, 0.1) is 11.9 Å². The predicted molar refractivity (Wildman–Crippen MR) is 139 cm³/mol. The van der Waals surface area contributed by atoms with E-state index in [1.807, 2.05) is 0 Å². The second-order valence-corrected chi connectivity index (χ2v) is 12.4. The van der Waals surface area contributed by atoms with Crippen LogP contribution in [0.2, 0.25) is 0 Å². The van der Waals surface area contributed by atoms with Crippen molar-refractivity contribution in [1.82, 2.24) is 9.47 Å². The number of benzene rings is 1. The van der Waals surface area contributed by atoms with E-state index < -0.39 is 10.3 Å². The number of hydrogen-bond acceptors (Lipinski definition) is 6. The van der Waals surface area contributed by atoms with E-state index in [1.54, 1.807) is 6.07 Å². The maximum absolute atomic E-state index is 14.2. The van der Waals surface area contributed by atoms with Gasteiger partial charge in [-0.05, 0) is 68.1 Å². The van der Waals surface area contributed by atoms with Crippen molar-refractivity contribution in [2.24, 2.45) is 21.6 Å². The van der Waals surface area contributed by atoms with Crippen LogP contribution in [0.4, 0.5) is 4.39 Å². The lowest BCUT2D eigenvalue weighted by atomic mass is 9.71. The number of rotatable bonds is 7. The predicted octanol–water partition coefficient (Wildman–Crippen LogP) is 4.72. The van der Waals surface area contributed by atoms with Gasteiger partial charge in [0.2, 0.25) is 0 Å². The molecule has 1 aromatic carbocycles. The fraction of sp³-hybridized carbons (Fsp3) is 0.654. The summed E-state index contributed by atoms with van der Waals surface area (Å²) in [5.74, 6) is 0.401. The second-order valence-electron chi connectivity index (χ2n) is 11.2. The van der Waals surface area contributed by atoms with Gasteiger partial charge < -0.3 is 14.3 Å². The van der Waals surface area contributed by atoms with Gasteiger partial charge in [-0.15, -0.1) is 0 Å². The first-order chi connectivity index (χ1) is 17.0. The summed E-state index contributed by atoms with van der Waals surface area (Å²) in [6, 6.07) is 5.32. The summed E-state index contributed by atoms with van der Waals surface area (Å²) in [4.78, 5) is 7.49. The van der Waals surface area contributed by atoms with Gasteiger partial charge in [0, 0.05) is 41.6 Å². The maximum Gasteiger partial charge on any atom is 0.333 e. The van der Waals surface area contributed by atoms with Gasteiger partial charge in [-0.3, -0.25) is 4.18 Å². The second kappa shape index (κ2) is 10.8. The average molecular weight is 523 g/mol. The lowest BCUT2D eigenvalue weighted by molar-refractivity contribution is 0.0716. The normalized spacial score (nSPS) is 23.1. The molecule has 10 heteroatoms. The Balaban J connectivity index is 1.58. The number of nitrogens with zero attached hydrogens (tertiary/aromatic N) is 3. The van der Waals surface area contributed by atoms with E-state index in [4.69, 9.17) is 14.2 Å². The molecule has 200 valence electrons. The van der Waals surface area contributed by atoms with E-state index in [-0.39, 0.29) is 18.5 Å². The number of nitrogens with two attached hydrogens (primary N) is 1. The largest absolute Gasteiger partial charge is 0.399 e. The monoisotopic (exact) mass is 522 g/mol. The van der Waals surface area contributed by atoms with Crippen LogP contribution in [0, 0.1) is 17.2 Å². The third-order valence-electron chi connectivity index (χ3n) is 8.06. The van der Waals surface area contributed by atoms with Gasteiger partial charge in [0.25, 0.3) is 0 Å². The van der Waals surface area contributed by atoms with E-state index in [0.29, 0.717) is 28.1 Å². The number of fused-ring (bicyclic) bond motifs is 1. The highest BCUT2D eigenvalue weighted by Gasteiger charge is 2.34. The summed E-state index contributed by atoms with van der Waals surface area (Å²) >= 11 is 0. The zero-order valence-electron chi connectivity index (χ0n) is 21.7. The quantitative estimate of drug-likeness (QED) is 0.419. The molecule has 2 fully saturated rings. The molecular formula is C26H39FN4O4S. The molecule has 4 rings (SSSR count). The Bertz CT molecular complexity index is 1190. The first-order valence-corrected chi connectivity index (χ1v) is 14.2. The molecule has 0 amide bonds. The first-order valence-electron chi connectivity index (χ1n) is 12.8. The number of hydrogen-bond donors (Lipinski definition) is 1. The topological polar surface area (TPSA) is 99.1 Å². The van der Waals surface area contributed by atoms with Crippen LogP contribution < -0.4 is 5.14 Å². The van der Waals surface area contributed by atoms with Crippen molar-refractivity contribution in [2.75, 3.05) is 20.2 Å². The molecule has 1 aliphatic carbocycles. The summed E-state index contributed by atoms with van der Waals surface area (Å²) in [5.41, 5.74) is 2.34. The van der Waals surface area contributed by atoms with Crippen LogP contribution in [0.15, 0.2) is 23.4 Å². The summed E-state index contributed by atoms with van der Waals surface area (Å²) in [5, 5.41) is 9.64. The number of piperidine rings is 1. The fourth-order valence-electron chi connectivity index (χ4n) is 6.13. The SMILES string of the molecule is CON=Cc1c(COS(N)(=O)=O)n(C2CCN([C@H]3CC[C@@H](C(C)(C)C)CC3)CC2)c2ccc(F)cc12. The minimum absolute atomic E-state index is 0.115. The van der Waals surface area contributed by atoms with Crippen molar-refractivity contribution in [2.45, 2.75) is 78.0 Å². The van der Waals surface area contributed by atoms with Crippen molar-refractivity contribution in [1.29, 1.82) is 0 Å². The molecule has 1 saturated heterocycles. The molecule has 2 heterocycles. The number of aromatic nitrogens is 1. The van der Waals surface area contributed by atoms with Gasteiger partial charge in [-0.1, -0.05) is 25.9 Å². The zero-order valence-corrected chi connectivity index (χ0v) is 22.6. The number of oxime groups is 1. The van der Waals surface area contributed by atoms with Crippen molar-refractivity contribution in [3.8, 4) is 0 Å². The van der Waals surface area contributed by atoms with Gasteiger partial charge in [0.1, 0.15) is 19.5 Å². The first kappa shape index (κ1) is 27.0. The van der Waals surface area contributed by atoms with Crippen molar-refractivity contribution in [3.63, 3.8) is 0 Å². The van der Waals surface area contributed by atoms with Crippen LogP contribution in [-0.4, -0.2) is 50.3 Å². The Hall–Kier alpha value is -2.01. The molecule has 1 saturated carbocycles. The van der Waals surface area contributed by atoms with Crippen LogP contribution in [-0.2, 0) is 25.9 Å². The molecule has 8 nitrogen and oxygen atoms in total. The Labute approximate surface area is 213 Å². The van der Waals surface area contributed by atoms with Gasteiger partial charge in [-0.2, -0.15) is 8.42 Å². The van der Waals surface area contributed by atoms with Crippen molar-refractivity contribution in [3.05, 3.63) is 35.3 Å². The lowest BCUT2D eigenvalue weighted by Gasteiger charge is -2.43. The van der Waals surface area contributed by atoms with Gasteiger partial charge in [-0.25, -0.2) is 9.53 Å². The van der Waals surface area contributed by atoms with E-state index >= 15 is 0 Å². The molecule has 0 bridgehead atoms. The summed E-state index contributed by atoms with van der Waals surface area (Å²) in [6.07, 6.45) is 8.32. The summed E-state index contributed by atoms with van der Waals surface area (Å²) in [6.45, 7) is 8.71. The van der Waals surface area contributed by atoms with E-state index in [0.717, 1.165) is 37.4 Å². The maximum atomic E-state index is 14.2. The molecule has 0 unspecified atom stereocenters. The molecule has 1 aliphatic heterocycles. The van der Waals surface area contributed by atoms with Crippen LogP contribution in [0.1, 0.15) is 76.6 Å². The van der Waals surface area contributed by atoms with E-state index in [9.17, 15) is 12.8 Å². The average Bonchev–Trinajstić information content (AvgIpc) is 3.13. The fourth-order valence-corrected chi connectivity index (χ4v) is 6.41. The van der Waals surface area contributed by atoms with Gasteiger partial charge in [0.15, 0.2) is 0 Å². The van der Waals surface area contributed by atoms with Crippen LogP contribution in [0.25, 0.3) is 10.9 Å². The Morgan fingerprint density at radius 2 is 1.78 bits per heavy atom. The number of halogens is 1. The Kier molecular flexibility index (Phi) is 8.09. The van der Waals surface area contributed by atoms with E-state index in [1.165, 1.54) is 51.1 Å². The molecule has 2 N–H and O–H groups in total. The third-order valence-corrected chi connectivity index (χ3v) is 8.51. The molecule has 1 aromatic heterocycles. The Morgan fingerprint density at radius 3 is 2.36 bits per heavy atom. The summed E-state index contributed by atoms with van der Waals surface area (Å²) < 4.78 is 44.5. The molecule has 0 radical (unpaired) electrons. The summed E-state index contributed by atoms with van der Waals surface area (Å²) in [7, 11) is -2.74. The van der Waals surface area contributed by atoms with Crippen LogP contribution in [0.3, 0.4) is 0 Å². The highest BCUT2D eigenvalue weighted by Crippen LogP contribution is 2.41. The minimum Gasteiger partial charge on any atom is -0.399 e. The number of likely N-dealkylation sites (tertiary alicyclic amines) is 1. The van der Waals surface area contributed by atoms with Crippen molar-refractivity contribution >= 4 is 27.4 Å². The highest BCUT2D eigenvalue weighted by atomic mass is 32.2. The molecule has 2 aromatic rings. The Morgan fingerprint density at radius 1 is 1.11 bits per heavy atom. The minimum atomic E-state index is -4.16. The standard InChI is InChI=1S/C26H39FN4O4S/c1-26(2,3)18-5-8-20(9-6-18)30-13-11-21(12-14-30)31-24-10-7-19(27)15-22(24)23(16-29-34-4)25(31)17-35-36(28,32)33/h7,10,15-16,18,20-21H,5-6,8-9,11-14,17H2,1-4H3,(H2,28,32,33)/t18-,20+.